The van der Waals surface area contributed by atoms with Crippen molar-refractivity contribution in [1.29, 1.82) is 0 Å². The summed E-state index contributed by atoms with van der Waals surface area (Å²) < 4.78 is 40.3. The van der Waals surface area contributed by atoms with Crippen molar-refractivity contribution in [2.24, 2.45) is 5.10 Å². The first-order valence-corrected chi connectivity index (χ1v) is 8.18. The summed E-state index contributed by atoms with van der Waals surface area (Å²) in [4.78, 5) is 12.4. The van der Waals surface area contributed by atoms with E-state index in [1.54, 1.807) is 18.2 Å². The maximum atomic E-state index is 13.2. The van der Waals surface area contributed by atoms with Crippen molar-refractivity contribution in [2.45, 2.75) is 25.2 Å². The third-order valence-electron chi connectivity index (χ3n) is 3.57. The van der Waals surface area contributed by atoms with Gasteiger partial charge in [0.15, 0.2) is 0 Å². The van der Waals surface area contributed by atoms with Crippen molar-refractivity contribution in [3.8, 4) is 0 Å². The third-order valence-corrected chi connectivity index (χ3v) is 5.52. The van der Waals surface area contributed by atoms with E-state index in [2.05, 4.69) is 5.10 Å². The molecule has 0 saturated heterocycles. The second-order valence-corrected chi connectivity index (χ2v) is 7.14. The number of carbonyl (C=O) groups excluding carboxylic acids is 1. The minimum atomic E-state index is -5.06. The van der Waals surface area contributed by atoms with Crippen LogP contribution in [0.15, 0.2) is 23.3 Å². The molecular formula is C14H9Cl2F3N2O2S. The van der Waals surface area contributed by atoms with Crippen molar-refractivity contribution >= 4 is 56.2 Å². The number of hydrogen-bond acceptors (Lipinski definition) is 4. The lowest BCUT2D eigenvalue weighted by molar-refractivity contribution is -0.297. The minimum Gasteiger partial charge on any atom is -0.362 e. The van der Waals surface area contributed by atoms with Gasteiger partial charge in [-0.25, -0.2) is 0 Å². The van der Waals surface area contributed by atoms with Crippen molar-refractivity contribution in [3.05, 3.63) is 33.1 Å². The molecule has 4 nitrogen and oxygen atoms in total. The molecule has 0 aliphatic carbocycles. The molecule has 2 aromatic rings. The molecule has 0 fully saturated rings. The van der Waals surface area contributed by atoms with Crippen molar-refractivity contribution in [2.75, 3.05) is 0 Å². The van der Waals surface area contributed by atoms with E-state index < -0.39 is 24.2 Å². The fraction of sp³-hybridized carbons (Fsp3) is 0.286. The predicted molar refractivity (Wildman–Crippen MR) is 86.7 cm³/mol. The summed E-state index contributed by atoms with van der Waals surface area (Å²) in [5.74, 6) is -1.13. The van der Waals surface area contributed by atoms with Crippen LogP contribution in [-0.4, -0.2) is 33.6 Å². The largest absolute Gasteiger partial charge is 0.438 e. The maximum absolute atomic E-state index is 13.2. The third kappa shape index (κ3) is 2.48. The van der Waals surface area contributed by atoms with Crippen LogP contribution in [0.3, 0.4) is 0 Å². The molecule has 1 aromatic heterocycles. The van der Waals surface area contributed by atoms with Gasteiger partial charge in [-0.15, -0.1) is 11.3 Å². The molecule has 1 aliphatic heterocycles. The van der Waals surface area contributed by atoms with Crippen LogP contribution in [0, 0.1) is 0 Å². The lowest BCUT2D eigenvalue weighted by atomic mass is 10.1. The average molecular weight is 397 g/mol. The second kappa shape index (κ2) is 5.59. The molecular weight excluding hydrogens is 388 g/mol. The minimum absolute atomic E-state index is 0.0153. The second-order valence-electron chi connectivity index (χ2n) is 5.30. The quantitative estimate of drug-likeness (QED) is 0.760. The summed E-state index contributed by atoms with van der Waals surface area (Å²) in [5, 5.41) is 14.2. The Hall–Kier alpha value is -1.35. The number of carbonyl (C=O) groups is 1. The summed E-state index contributed by atoms with van der Waals surface area (Å²) in [6.07, 6.45) is -5.88. The van der Waals surface area contributed by atoms with Crippen LogP contribution in [0.4, 0.5) is 13.2 Å². The molecule has 1 aromatic carbocycles. The smallest absolute Gasteiger partial charge is 0.362 e. The number of halogens is 5. The Kier molecular flexibility index (Phi) is 4.07. The molecule has 10 heteroatoms. The molecule has 0 radical (unpaired) electrons. The first-order chi connectivity index (χ1) is 11.1. The number of rotatable bonds is 1. The summed E-state index contributed by atoms with van der Waals surface area (Å²) in [7, 11) is 0. The van der Waals surface area contributed by atoms with Gasteiger partial charge in [-0.1, -0.05) is 29.3 Å². The number of amides is 1. The number of fused-ring (bicyclic) bond motifs is 1. The Morgan fingerprint density at radius 2 is 2.08 bits per heavy atom. The highest BCUT2D eigenvalue weighted by molar-refractivity contribution is 7.21. The Morgan fingerprint density at radius 3 is 2.67 bits per heavy atom. The standard InChI is InChI=1S/C14H9Cl2F3N2O2S/c1-6-5-13(23,14(17,18)19)21(20-6)12(22)11-10(16)9-7(15)3-2-4-8(9)24-11/h2-4,23H,5H2,1H3. The van der Waals surface area contributed by atoms with E-state index in [1.807, 2.05) is 0 Å². The van der Waals surface area contributed by atoms with Gasteiger partial charge in [0.05, 0.1) is 10.0 Å². The molecule has 2 heterocycles. The number of benzene rings is 1. The normalized spacial score (nSPS) is 21.5. The molecule has 128 valence electrons. The van der Waals surface area contributed by atoms with Crippen LogP contribution in [-0.2, 0) is 0 Å². The number of nitrogens with zero attached hydrogens (tertiary/aromatic N) is 2. The Labute approximate surface area is 148 Å². The van der Waals surface area contributed by atoms with Crippen LogP contribution in [0.25, 0.3) is 10.1 Å². The van der Waals surface area contributed by atoms with E-state index in [9.17, 15) is 23.1 Å². The van der Waals surface area contributed by atoms with Crippen molar-refractivity contribution in [3.63, 3.8) is 0 Å². The maximum Gasteiger partial charge on any atom is 0.438 e. The van der Waals surface area contributed by atoms with Crippen molar-refractivity contribution in [1.82, 2.24) is 5.01 Å². The highest BCUT2D eigenvalue weighted by Crippen LogP contribution is 2.44. The van der Waals surface area contributed by atoms with Crippen LogP contribution in [0.5, 0.6) is 0 Å². The highest BCUT2D eigenvalue weighted by atomic mass is 35.5. The zero-order chi connectivity index (χ0) is 17.9. The summed E-state index contributed by atoms with van der Waals surface area (Å²) >= 11 is 13.1. The number of hydrogen-bond donors (Lipinski definition) is 1. The molecule has 1 N–H and O–H groups in total. The highest BCUT2D eigenvalue weighted by Gasteiger charge is 2.63. The van der Waals surface area contributed by atoms with Gasteiger partial charge >= 0.3 is 6.18 Å². The molecule has 1 unspecified atom stereocenters. The summed E-state index contributed by atoms with van der Waals surface area (Å²) in [6, 6.07) is 4.83. The molecule has 1 atom stereocenters. The monoisotopic (exact) mass is 396 g/mol. The van der Waals surface area contributed by atoms with Gasteiger partial charge in [0.1, 0.15) is 4.88 Å². The molecule has 3 rings (SSSR count). The van der Waals surface area contributed by atoms with Crippen LogP contribution < -0.4 is 0 Å². The van der Waals surface area contributed by atoms with Crippen LogP contribution in [0.2, 0.25) is 10.0 Å². The lowest BCUT2D eigenvalue weighted by Gasteiger charge is -2.32. The number of alkyl halides is 3. The van der Waals surface area contributed by atoms with Gasteiger partial charge in [0.25, 0.3) is 11.6 Å². The molecule has 0 spiro atoms. The summed E-state index contributed by atoms with van der Waals surface area (Å²) in [5.41, 5.74) is -3.41. The molecule has 0 saturated carbocycles. The number of thiophene rings is 1. The zero-order valence-corrected chi connectivity index (χ0v) is 14.3. The number of hydrazone groups is 1. The van der Waals surface area contributed by atoms with Gasteiger partial charge in [-0.05, 0) is 19.1 Å². The van der Waals surface area contributed by atoms with Gasteiger partial charge in [0.2, 0.25) is 0 Å². The van der Waals surface area contributed by atoms with Gasteiger partial charge < -0.3 is 5.11 Å². The van der Waals surface area contributed by atoms with Crippen LogP contribution in [0.1, 0.15) is 23.0 Å². The first-order valence-electron chi connectivity index (χ1n) is 6.60. The Morgan fingerprint density at radius 1 is 1.42 bits per heavy atom. The van der Waals surface area contributed by atoms with E-state index in [4.69, 9.17) is 23.2 Å². The van der Waals surface area contributed by atoms with E-state index in [1.165, 1.54) is 6.92 Å². The summed E-state index contributed by atoms with van der Waals surface area (Å²) in [6.45, 7) is 1.30. The molecule has 0 bridgehead atoms. The molecule has 1 amide bonds. The topological polar surface area (TPSA) is 52.9 Å². The van der Waals surface area contributed by atoms with E-state index in [0.29, 0.717) is 10.1 Å². The van der Waals surface area contributed by atoms with E-state index >= 15 is 0 Å². The fourth-order valence-corrected chi connectivity index (χ4v) is 4.33. The molecule has 1 aliphatic rings. The van der Waals surface area contributed by atoms with Gasteiger partial charge in [-0.3, -0.25) is 4.79 Å². The van der Waals surface area contributed by atoms with Gasteiger partial charge in [0, 0.05) is 22.2 Å². The predicted octanol–water partition coefficient (Wildman–Crippen LogP) is 4.68. The Balaban J connectivity index is 2.12. The first kappa shape index (κ1) is 17.5. The molecule has 24 heavy (non-hydrogen) atoms. The fourth-order valence-electron chi connectivity index (χ4n) is 2.46. The number of aliphatic hydroxyl groups is 1. The lowest BCUT2D eigenvalue weighted by Crippen LogP contribution is -2.56. The van der Waals surface area contributed by atoms with E-state index in [-0.39, 0.29) is 25.6 Å². The van der Waals surface area contributed by atoms with Crippen LogP contribution >= 0.6 is 34.5 Å². The average Bonchev–Trinajstić information content (AvgIpc) is 2.97. The Bertz CT molecular complexity index is 881. The zero-order valence-electron chi connectivity index (χ0n) is 12.0. The SMILES string of the molecule is CC1=NN(C(=O)c2sc3cccc(Cl)c3c2Cl)C(O)(C(F)(F)F)C1. The van der Waals surface area contributed by atoms with E-state index in [0.717, 1.165) is 11.3 Å². The van der Waals surface area contributed by atoms with Crippen molar-refractivity contribution < 1.29 is 23.1 Å². The van der Waals surface area contributed by atoms with Gasteiger partial charge in [-0.2, -0.15) is 23.3 Å².